The largest absolute Gasteiger partial charge is 0.374 e. The van der Waals surface area contributed by atoms with E-state index in [2.05, 4.69) is 4.89 Å². The van der Waals surface area contributed by atoms with E-state index in [1.54, 1.807) is 26.1 Å². The van der Waals surface area contributed by atoms with E-state index in [-0.39, 0.29) is 12.1 Å². The molecule has 1 rings (SSSR count). The molecule has 5 heteroatoms. The average molecular weight is 260 g/mol. The summed E-state index contributed by atoms with van der Waals surface area (Å²) in [6.07, 6.45) is 3.18. The molecule has 0 radical (unpaired) electrons. The molecule has 0 N–H and O–H groups in total. The van der Waals surface area contributed by atoms with Crippen molar-refractivity contribution in [2.24, 2.45) is 0 Å². The maximum atomic E-state index is 11.7. The van der Waals surface area contributed by atoms with Gasteiger partial charge in [-0.1, -0.05) is 11.6 Å². The first kappa shape index (κ1) is 14.1. The van der Waals surface area contributed by atoms with Crippen LogP contribution in [-0.2, 0) is 14.6 Å². The quantitative estimate of drug-likeness (QED) is 0.575. The summed E-state index contributed by atoms with van der Waals surface area (Å²) in [6.45, 7) is 8.23. The van der Waals surface area contributed by atoms with Gasteiger partial charge in [0.15, 0.2) is 0 Å². The van der Waals surface area contributed by atoms with Gasteiger partial charge < -0.3 is 4.90 Å². The van der Waals surface area contributed by atoms with Crippen LogP contribution in [-0.4, -0.2) is 29.6 Å². The van der Waals surface area contributed by atoms with Crippen molar-refractivity contribution in [3.05, 3.63) is 22.9 Å². The van der Waals surface area contributed by atoms with Crippen LogP contribution in [0.4, 0.5) is 0 Å². The average Bonchev–Trinajstić information content (AvgIpc) is 2.24. The number of carbonyl (C=O) groups excluding carboxylic acids is 1. The topological polar surface area (TPSA) is 38.8 Å². The highest BCUT2D eigenvalue weighted by atomic mass is 35.5. The monoisotopic (exact) mass is 259 g/mol. The first-order chi connectivity index (χ1) is 7.90. The zero-order valence-electron chi connectivity index (χ0n) is 10.6. The third kappa shape index (κ3) is 4.40. The lowest BCUT2D eigenvalue weighted by Gasteiger charge is -2.28. The van der Waals surface area contributed by atoms with Crippen molar-refractivity contribution in [1.82, 2.24) is 4.90 Å². The lowest BCUT2D eigenvalue weighted by molar-refractivity contribution is -0.287. The first-order valence-corrected chi connectivity index (χ1v) is 5.99. The Labute approximate surface area is 107 Å². The molecule has 0 aliphatic carbocycles. The Morgan fingerprint density at radius 3 is 2.59 bits per heavy atom. The van der Waals surface area contributed by atoms with E-state index in [4.69, 9.17) is 16.5 Å². The van der Waals surface area contributed by atoms with Crippen molar-refractivity contribution in [2.45, 2.75) is 39.8 Å². The van der Waals surface area contributed by atoms with E-state index in [1.807, 2.05) is 18.7 Å². The number of hydrogen-bond donors (Lipinski definition) is 0. The second kappa shape index (κ2) is 6.07. The molecule has 0 atom stereocenters. The van der Waals surface area contributed by atoms with Gasteiger partial charge in [-0.05, 0) is 33.8 Å². The van der Waals surface area contributed by atoms with Crippen LogP contribution in [0, 0.1) is 0 Å². The summed E-state index contributed by atoms with van der Waals surface area (Å²) in [7, 11) is 0. The molecule has 0 amide bonds. The van der Waals surface area contributed by atoms with Gasteiger partial charge in [0.1, 0.15) is 0 Å². The Morgan fingerprint density at radius 1 is 1.41 bits per heavy atom. The highest BCUT2D eigenvalue weighted by Gasteiger charge is 2.19. The highest BCUT2D eigenvalue weighted by Crippen LogP contribution is 2.19. The molecular weight excluding hydrogens is 242 g/mol. The minimum absolute atomic E-state index is 0.163. The Kier molecular flexibility index (Phi) is 5.02. The zero-order valence-corrected chi connectivity index (χ0v) is 11.3. The summed E-state index contributed by atoms with van der Waals surface area (Å²) in [5.74, 6) is -0.526. The SMILES string of the molecule is CC(C)OOC(=O)C1=CN(C(C)C)CC(Cl)=C1. The fraction of sp³-hybridized carbons (Fsp3) is 0.583. The third-order valence-corrected chi connectivity index (χ3v) is 2.39. The standard InChI is InChI=1S/C12H18ClNO3/c1-8(2)14-6-10(5-11(13)7-14)12(15)17-16-9(3)4/h5-6,8-9H,7H2,1-4H3. The molecule has 0 unspecified atom stereocenters. The van der Waals surface area contributed by atoms with Gasteiger partial charge in [0, 0.05) is 17.3 Å². The second-order valence-corrected chi connectivity index (χ2v) is 4.94. The predicted octanol–water partition coefficient (Wildman–Crippen LogP) is 2.60. The molecule has 1 heterocycles. The highest BCUT2D eigenvalue weighted by molar-refractivity contribution is 6.30. The molecule has 1 aliphatic heterocycles. The van der Waals surface area contributed by atoms with E-state index in [0.29, 0.717) is 17.2 Å². The number of carbonyl (C=O) groups is 1. The van der Waals surface area contributed by atoms with Gasteiger partial charge >= 0.3 is 5.97 Å². The van der Waals surface area contributed by atoms with E-state index in [9.17, 15) is 4.79 Å². The van der Waals surface area contributed by atoms with Crippen molar-refractivity contribution in [3.8, 4) is 0 Å². The Balaban J connectivity index is 2.70. The summed E-state index contributed by atoms with van der Waals surface area (Å²) in [5.41, 5.74) is 0.399. The number of halogens is 1. The van der Waals surface area contributed by atoms with Crippen molar-refractivity contribution >= 4 is 17.6 Å². The van der Waals surface area contributed by atoms with Gasteiger partial charge in [-0.2, -0.15) is 4.89 Å². The summed E-state index contributed by atoms with van der Waals surface area (Å²) >= 11 is 5.99. The van der Waals surface area contributed by atoms with Crippen LogP contribution in [0.3, 0.4) is 0 Å². The number of nitrogens with zero attached hydrogens (tertiary/aromatic N) is 1. The number of rotatable bonds is 4. The van der Waals surface area contributed by atoms with Crippen LogP contribution in [0.2, 0.25) is 0 Å². The van der Waals surface area contributed by atoms with Crippen molar-refractivity contribution in [3.63, 3.8) is 0 Å². The van der Waals surface area contributed by atoms with Gasteiger partial charge in [-0.25, -0.2) is 4.79 Å². The molecular formula is C12H18ClNO3. The predicted molar refractivity (Wildman–Crippen MR) is 66.2 cm³/mol. The van der Waals surface area contributed by atoms with Crippen LogP contribution in [0.25, 0.3) is 0 Å². The van der Waals surface area contributed by atoms with Crippen LogP contribution < -0.4 is 0 Å². The Morgan fingerprint density at radius 2 is 2.06 bits per heavy atom. The molecule has 0 bridgehead atoms. The van der Waals surface area contributed by atoms with Gasteiger partial charge in [0.2, 0.25) is 0 Å². The molecule has 0 aromatic carbocycles. The van der Waals surface area contributed by atoms with E-state index in [0.717, 1.165) is 0 Å². The third-order valence-electron chi connectivity index (χ3n) is 2.17. The Bertz CT molecular complexity index is 348. The van der Waals surface area contributed by atoms with Gasteiger partial charge in [-0.15, -0.1) is 0 Å². The summed E-state index contributed by atoms with van der Waals surface area (Å²) in [4.78, 5) is 23.1. The summed E-state index contributed by atoms with van der Waals surface area (Å²) < 4.78 is 0. The first-order valence-electron chi connectivity index (χ1n) is 5.61. The van der Waals surface area contributed by atoms with E-state index in [1.165, 1.54) is 0 Å². The Hall–Kier alpha value is -1.00. The van der Waals surface area contributed by atoms with E-state index >= 15 is 0 Å². The van der Waals surface area contributed by atoms with E-state index < -0.39 is 5.97 Å². The maximum Gasteiger partial charge on any atom is 0.374 e. The van der Waals surface area contributed by atoms with Crippen LogP contribution in [0.1, 0.15) is 27.7 Å². The normalized spacial score (nSPS) is 16.1. The summed E-state index contributed by atoms with van der Waals surface area (Å²) in [5, 5.41) is 0.609. The van der Waals surface area contributed by atoms with Crippen LogP contribution in [0.5, 0.6) is 0 Å². The van der Waals surface area contributed by atoms with Crippen molar-refractivity contribution < 1.29 is 14.6 Å². The lowest BCUT2D eigenvalue weighted by Crippen LogP contribution is -2.30. The molecule has 0 aromatic heterocycles. The fourth-order valence-electron chi connectivity index (χ4n) is 1.28. The maximum absolute atomic E-state index is 11.7. The molecule has 4 nitrogen and oxygen atoms in total. The van der Waals surface area contributed by atoms with Gasteiger partial charge in [-0.3, -0.25) is 4.89 Å². The summed E-state index contributed by atoms with van der Waals surface area (Å²) in [6, 6.07) is 0.270. The minimum atomic E-state index is -0.526. The van der Waals surface area contributed by atoms with Gasteiger partial charge in [0.25, 0.3) is 0 Å². The molecule has 0 aromatic rings. The van der Waals surface area contributed by atoms with Crippen molar-refractivity contribution in [1.29, 1.82) is 0 Å². The van der Waals surface area contributed by atoms with Crippen molar-refractivity contribution in [2.75, 3.05) is 6.54 Å². The molecule has 1 aliphatic rings. The minimum Gasteiger partial charge on any atom is -0.369 e. The second-order valence-electron chi connectivity index (χ2n) is 4.46. The van der Waals surface area contributed by atoms with Crippen LogP contribution in [0.15, 0.2) is 22.9 Å². The fourth-order valence-corrected chi connectivity index (χ4v) is 1.54. The smallest absolute Gasteiger partial charge is 0.369 e. The molecule has 0 spiro atoms. The molecule has 0 saturated carbocycles. The zero-order chi connectivity index (χ0) is 13.0. The molecule has 17 heavy (non-hydrogen) atoms. The molecule has 0 fully saturated rings. The lowest BCUT2D eigenvalue weighted by atomic mass is 10.2. The molecule has 0 saturated heterocycles. The number of hydrogen-bond acceptors (Lipinski definition) is 4. The van der Waals surface area contributed by atoms with Crippen LogP contribution >= 0.6 is 11.6 Å². The van der Waals surface area contributed by atoms with Gasteiger partial charge in [0.05, 0.1) is 18.2 Å². The molecule has 96 valence electrons.